The van der Waals surface area contributed by atoms with Crippen LogP contribution in [0.3, 0.4) is 0 Å². The largest absolute Gasteiger partial charge is 0.446 e. The number of likely N-dealkylation sites (tertiary alicyclic amines) is 1. The van der Waals surface area contributed by atoms with Crippen molar-refractivity contribution < 1.29 is 27.8 Å². The molecule has 6 nitrogen and oxygen atoms in total. The Balaban J connectivity index is 1.47. The van der Waals surface area contributed by atoms with Gasteiger partial charge in [-0.05, 0) is 57.7 Å². The Bertz CT molecular complexity index is 751. The summed E-state index contributed by atoms with van der Waals surface area (Å²) in [6, 6.07) is 7.39. The quantitative estimate of drug-likeness (QED) is 0.692. The third kappa shape index (κ3) is 6.31. The molecule has 1 aromatic rings. The summed E-state index contributed by atoms with van der Waals surface area (Å²) in [5.41, 5.74) is 1.14. The van der Waals surface area contributed by atoms with Gasteiger partial charge in [-0.25, -0.2) is 18.4 Å². The molecular formula is C22H30F2N2O4. The fraction of sp³-hybridized carbons (Fsp3) is 0.636. The minimum Gasteiger partial charge on any atom is -0.446 e. The van der Waals surface area contributed by atoms with Gasteiger partial charge >= 0.3 is 12.2 Å². The SMILES string of the molecule is CC(C)(C)OC(=O)N1CC[C@H](c2ccc(NC(=O)OC3CCC(F)(F)CC3)cc2)C1. The predicted octanol–water partition coefficient (Wildman–Crippen LogP) is 5.54. The first-order valence-corrected chi connectivity index (χ1v) is 10.4. The Hall–Kier alpha value is -2.38. The molecule has 1 aliphatic heterocycles. The number of amides is 2. The molecule has 0 unspecified atom stereocenters. The Morgan fingerprint density at radius 2 is 1.73 bits per heavy atom. The van der Waals surface area contributed by atoms with Crippen LogP contribution in [0.1, 0.15) is 64.4 Å². The Morgan fingerprint density at radius 3 is 2.33 bits per heavy atom. The average Bonchev–Trinajstić information content (AvgIpc) is 3.13. The third-order valence-corrected chi connectivity index (χ3v) is 5.41. The van der Waals surface area contributed by atoms with E-state index in [0.717, 1.165) is 12.0 Å². The highest BCUT2D eigenvalue weighted by Crippen LogP contribution is 2.34. The summed E-state index contributed by atoms with van der Waals surface area (Å²) in [7, 11) is 0. The molecule has 1 heterocycles. The second-order valence-corrected chi connectivity index (χ2v) is 9.12. The van der Waals surface area contributed by atoms with Crippen molar-refractivity contribution in [1.82, 2.24) is 4.90 Å². The molecular weight excluding hydrogens is 394 g/mol. The second kappa shape index (κ2) is 8.78. The van der Waals surface area contributed by atoms with Gasteiger partial charge in [-0.2, -0.15) is 0 Å². The molecule has 1 atom stereocenters. The van der Waals surface area contributed by atoms with Gasteiger partial charge in [0.1, 0.15) is 11.7 Å². The summed E-state index contributed by atoms with van der Waals surface area (Å²) >= 11 is 0. The van der Waals surface area contributed by atoms with Crippen molar-refractivity contribution >= 4 is 17.9 Å². The molecule has 2 aliphatic rings. The van der Waals surface area contributed by atoms with Crippen LogP contribution in [-0.4, -0.2) is 47.8 Å². The number of anilines is 1. The molecule has 0 spiro atoms. The number of rotatable bonds is 3. The van der Waals surface area contributed by atoms with E-state index in [9.17, 15) is 18.4 Å². The monoisotopic (exact) mass is 424 g/mol. The first kappa shape index (κ1) is 22.3. The van der Waals surface area contributed by atoms with E-state index in [1.54, 1.807) is 17.0 Å². The number of carbonyl (C=O) groups is 2. The molecule has 1 saturated carbocycles. The van der Waals surface area contributed by atoms with Crippen molar-refractivity contribution in [2.45, 2.75) is 76.4 Å². The molecule has 1 saturated heterocycles. The van der Waals surface area contributed by atoms with E-state index >= 15 is 0 Å². The predicted molar refractivity (Wildman–Crippen MR) is 109 cm³/mol. The maximum absolute atomic E-state index is 13.2. The summed E-state index contributed by atoms with van der Waals surface area (Å²) in [6.07, 6.45) is -0.698. The molecule has 0 radical (unpaired) electrons. The molecule has 0 bridgehead atoms. The van der Waals surface area contributed by atoms with Crippen molar-refractivity contribution in [3.05, 3.63) is 29.8 Å². The average molecular weight is 424 g/mol. The maximum Gasteiger partial charge on any atom is 0.411 e. The molecule has 30 heavy (non-hydrogen) atoms. The van der Waals surface area contributed by atoms with E-state index in [-0.39, 0.29) is 37.7 Å². The van der Waals surface area contributed by atoms with E-state index < -0.39 is 23.7 Å². The van der Waals surface area contributed by atoms with Gasteiger partial charge in [0, 0.05) is 37.5 Å². The second-order valence-electron chi connectivity index (χ2n) is 9.12. The van der Waals surface area contributed by atoms with Crippen LogP contribution in [0.15, 0.2) is 24.3 Å². The van der Waals surface area contributed by atoms with Gasteiger partial charge < -0.3 is 14.4 Å². The van der Waals surface area contributed by atoms with E-state index in [1.807, 2.05) is 32.9 Å². The van der Waals surface area contributed by atoms with Crippen molar-refractivity contribution in [3.63, 3.8) is 0 Å². The molecule has 2 amide bonds. The number of hydrogen-bond donors (Lipinski definition) is 1. The van der Waals surface area contributed by atoms with E-state index in [2.05, 4.69) is 5.32 Å². The van der Waals surface area contributed by atoms with Crippen LogP contribution in [0.4, 0.5) is 24.1 Å². The zero-order valence-electron chi connectivity index (χ0n) is 17.7. The molecule has 8 heteroatoms. The Morgan fingerprint density at radius 1 is 1.10 bits per heavy atom. The van der Waals surface area contributed by atoms with Crippen LogP contribution >= 0.6 is 0 Å². The van der Waals surface area contributed by atoms with E-state index in [0.29, 0.717) is 18.8 Å². The summed E-state index contributed by atoms with van der Waals surface area (Å²) < 4.78 is 37.1. The van der Waals surface area contributed by atoms with E-state index in [1.165, 1.54) is 0 Å². The summed E-state index contributed by atoms with van der Waals surface area (Å²) in [5, 5.41) is 2.65. The summed E-state index contributed by atoms with van der Waals surface area (Å²) in [5.74, 6) is -2.44. The van der Waals surface area contributed by atoms with Crippen LogP contribution < -0.4 is 5.32 Å². The molecule has 3 rings (SSSR count). The first-order valence-electron chi connectivity index (χ1n) is 10.4. The molecule has 0 aromatic heterocycles. The van der Waals surface area contributed by atoms with Crippen molar-refractivity contribution in [2.24, 2.45) is 0 Å². The lowest BCUT2D eigenvalue weighted by Crippen LogP contribution is -2.35. The molecule has 166 valence electrons. The van der Waals surface area contributed by atoms with Gasteiger partial charge in [0.2, 0.25) is 5.92 Å². The number of alkyl halides is 2. The number of benzene rings is 1. The standard InChI is InChI=1S/C22H30F2N2O4/c1-21(2,3)30-20(28)26-13-10-16(14-26)15-4-6-17(7-5-15)25-19(27)29-18-8-11-22(23,24)12-9-18/h4-7,16,18H,8-14H2,1-3H3,(H,25,27)/t16-/m0/s1. The zero-order chi connectivity index (χ0) is 21.9. The number of hydrogen-bond acceptors (Lipinski definition) is 4. The summed E-state index contributed by atoms with van der Waals surface area (Å²) in [4.78, 5) is 26.0. The number of nitrogens with one attached hydrogen (secondary N) is 1. The van der Waals surface area contributed by atoms with Gasteiger partial charge in [-0.1, -0.05) is 12.1 Å². The van der Waals surface area contributed by atoms with Gasteiger partial charge in [-0.3, -0.25) is 5.32 Å². The van der Waals surface area contributed by atoms with Crippen LogP contribution in [0, 0.1) is 0 Å². The molecule has 1 N–H and O–H groups in total. The number of ether oxygens (including phenoxy) is 2. The van der Waals surface area contributed by atoms with Crippen LogP contribution in [0.25, 0.3) is 0 Å². The lowest BCUT2D eigenvalue weighted by atomic mass is 9.94. The van der Waals surface area contributed by atoms with Crippen molar-refractivity contribution in [1.29, 1.82) is 0 Å². The van der Waals surface area contributed by atoms with Crippen LogP contribution in [-0.2, 0) is 9.47 Å². The highest BCUT2D eigenvalue weighted by Gasteiger charge is 2.36. The Kier molecular flexibility index (Phi) is 6.53. The lowest BCUT2D eigenvalue weighted by molar-refractivity contribution is -0.0642. The van der Waals surface area contributed by atoms with Gasteiger partial charge in [0.15, 0.2) is 0 Å². The number of nitrogens with zero attached hydrogens (tertiary/aromatic N) is 1. The fourth-order valence-corrected chi connectivity index (χ4v) is 3.79. The van der Waals surface area contributed by atoms with Gasteiger partial charge in [0.25, 0.3) is 0 Å². The molecule has 2 fully saturated rings. The van der Waals surface area contributed by atoms with Crippen molar-refractivity contribution in [2.75, 3.05) is 18.4 Å². The van der Waals surface area contributed by atoms with E-state index in [4.69, 9.17) is 9.47 Å². The fourth-order valence-electron chi connectivity index (χ4n) is 3.79. The number of halogens is 2. The minimum absolute atomic E-state index is 0.176. The summed E-state index contributed by atoms with van der Waals surface area (Å²) in [6.45, 7) is 6.78. The zero-order valence-corrected chi connectivity index (χ0v) is 17.7. The van der Waals surface area contributed by atoms with Gasteiger partial charge in [0.05, 0.1) is 0 Å². The lowest BCUT2D eigenvalue weighted by Gasteiger charge is -2.27. The smallest absolute Gasteiger partial charge is 0.411 e. The van der Waals surface area contributed by atoms with Crippen LogP contribution in [0.5, 0.6) is 0 Å². The minimum atomic E-state index is -2.65. The molecule has 1 aliphatic carbocycles. The highest BCUT2D eigenvalue weighted by molar-refractivity contribution is 5.84. The van der Waals surface area contributed by atoms with Crippen molar-refractivity contribution in [3.8, 4) is 0 Å². The Labute approximate surface area is 175 Å². The third-order valence-electron chi connectivity index (χ3n) is 5.41. The normalized spacial score (nSPS) is 21.9. The first-order chi connectivity index (χ1) is 14.0. The number of carbonyl (C=O) groups excluding carboxylic acids is 2. The van der Waals surface area contributed by atoms with Crippen LogP contribution in [0.2, 0.25) is 0 Å². The van der Waals surface area contributed by atoms with Gasteiger partial charge in [-0.15, -0.1) is 0 Å². The topological polar surface area (TPSA) is 67.9 Å². The highest BCUT2D eigenvalue weighted by atomic mass is 19.3. The molecule has 1 aromatic carbocycles. The maximum atomic E-state index is 13.2.